The second kappa shape index (κ2) is 9.88. The predicted octanol–water partition coefficient (Wildman–Crippen LogP) is 5.89. The molecule has 174 valence electrons. The summed E-state index contributed by atoms with van der Waals surface area (Å²) in [5.41, 5.74) is -0.886. The number of hydrogen-bond acceptors (Lipinski definition) is 4. The minimum atomic E-state index is -4.61. The zero-order chi connectivity index (χ0) is 24.2. The first kappa shape index (κ1) is 24.7. The number of alkyl halides is 3. The summed E-state index contributed by atoms with van der Waals surface area (Å²) in [6.07, 6.45) is -2.72. The minimum absolute atomic E-state index is 0.0912. The van der Waals surface area contributed by atoms with Gasteiger partial charge in [-0.3, -0.25) is 9.10 Å². The fourth-order valence-corrected chi connectivity index (χ4v) is 5.06. The van der Waals surface area contributed by atoms with Gasteiger partial charge in [0, 0.05) is 17.0 Å². The van der Waals surface area contributed by atoms with Crippen LogP contribution in [0.2, 0.25) is 0 Å². The van der Waals surface area contributed by atoms with Gasteiger partial charge in [-0.15, -0.1) is 11.8 Å². The quantitative estimate of drug-likeness (QED) is 0.416. The molecular weight excluding hydrogens is 473 g/mol. The van der Waals surface area contributed by atoms with E-state index in [1.165, 1.54) is 70.7 Å². The molecule has 0 bridgehead atoms. The van der Waals surface area contributed by atoms with Gasteiger partial charge >= 0.3 is 6.18 Å². The van der Waals surface area contributed by atoms with Crippen molar-refractivity contribution in [3.05, 3.63) is 83.9 Å². The number of rotatable bonds is 7. The maximum Gasteiger partial charge on any atom is 0.418 e. The van der Waals surface area contributed by atoms with E-state index in [2.05, 4.69) is 5.32 Å². The van der Waals surface area contributed by atoms with E-state index < -0.39 is 27.7 Å². The number of para-hydroxylation sites is 1. The fourth-order valence-electron chi connectivity index (χ4n) is 3.18. The third-order valence-electron chi connectivity index (χ3n) is 4.83. The summed E-state index contributed by atoms with van der Waals surface area (Å²) in [5.74, 6) is -0.739. The molecule has 0 saturated heterocycles. The Hall–Kier alpha value is -2.98. The molecular formula is C23H21F3N2O3S2. The number of halogens is 3. The molecule has 0 heterocycles. The van der Waals surface area contributed by atoms with Crippen molar-refractivity contribution < 1.29 is 26.4 Å². The third kappa shape index (κ3) is 5.51. The van der Waals surface area contributed by atoms with Crippen LogP contribution in [0, 0.1) is 0 Å². The highest BCUT2D eigenvalue weighted by atomic mass is 32.2. The fraction of sp³-hybridized carbons (Fsp3) is 0.174. The Morgan fingerprint density at radius 2 is 1.58 bits per heavy atom. The molecule has 0 unspecified atom stereocenters. The van der Waals surface area contributed by atoms with Crippen molar-refractivity contribution >= 4 is 39.1 Å². The molecule has 10 heteroatoms. The zero-order valence-electron chi connectivity index (χ0n) is 17.8. The number of thioether (sulfide) groups is 1. The molecule has 0 aliphatic rings. The Kier molecular flexibility index (Phi) is 7.38. The van der Waals surface area contributed by atoms with Crippen LogP contribution >= 0.6 is 11.8 Å². The van der Waals surface area contributed by atoms with Gasteiger partial charge in [0.2, 0.25) is 0 Å². The second-order valence-electron chi connectivity index (χ2n) is 6.89. The summed E-state index contributed by atoms with van der Waals surface area (Å²) in [6.45, 7) is 1.83. The number of nitrogens with zero attached hydrogens (tertiary/aromatic N) is 1. The number of carbonyl (C=O) groups is 1. The highest BCUT2D eigenvalue weighted by Crippen LogP contribution is 2.35. The summed E-state index contributed by atoms with van der Waals surface area (Å²) in [6, 6.07) is 16.8. The molecule has 0 spiro atoms. The first-order valence-electron chi connectivity index (χ1n) is 9.82. The molecule has 1 amide bonds. The van der Waals surface area contributed by atoms with Gasteiger partial charge in [-0.05, 0) is 73.8 Å². The lowest BCUT2D eigenvalue weighted by molar-refractivity contribution is -0.136. The molecule has 0 saturated carbocycles. The molecule has 0 fully saturated rings. The molecule has 0 atom stereocenters. The molecule has 3 aromatic carbocycles. The third-order valence-corrected chi connectivity index (χ3v) is 7.49. The van der Waals surface area contributed by atoms with Crippen molar-refractivity contribution in [3.8, 4) is 0 Å². The van der Waals surface area contributed by atoms with Gasteiger partial charge in [0.1, 0.15) is 0 Å². The maximum atomic E-state index is 13.2. The molecule has 3 rings (SSSR count). The van der Waals surface area contributed by atoms with Gasteiger partial charge in [-0.25, -0.2) is 8.42 Å². The molecule has 0 aliphatic carbocycles. The lowest BCUT2D eigenvalue weighted by Gasteiger charge is -2.23. The molecule has 3 aromatic rings. The Bertz CT molecular complexity index is 1230. The lowest BCUT2D eigenvalue weighted by Crippen LogP contribution is -2.30. The van der Waals surface area contributed by atoms with Crippen LogP contribution < -0.4 is 9.62 Å². The van der Waals surface area contributed by atoms with Crippen LogP contribution in [0.3, 0.4) is 0 Å². The van der Waals surface area contributed by atoms with Crippen molar-refractivity contribution in [2.24, 2.45) is 0 Å². The van der Waals surface area contributed by atoms with Gasteiger partial charge in [-0.1, -0.05) is 12.1 Å². The molecule has 0 radical (unpaired) electrons. The highest BCUT2D eigenvalue weighted by molar-refractivity contribution is 7.98. The number of benzene rings is 3. The van der Waals surface area contributed by atoms with Crippen LogP contribution in [0.4, 0.5) is 24.5 Å². The largest absolute Gasteiger partial charge is 0.418 e. The van der Waals surface area contributed by atoms with Crippen molar-refractivity contribution in [1.29, 1.82) is 0 Å². The lowest BCUT2D eigenvalue weighted by atomic mass is 10.1. The summed E-state index contributed by atoms with van der Waals surface area (Å²) >= 11 is 1.50. The van der Waals surface area contributed by atoms with Crippen LogP contribution in [-0.2, 0) is 16.2 Å². The Morgan fingerprint density at radius 1 is 0.970 bits per heavy atom. The van der Waals surface area contributed by atoms with Crippen molar-refractivity contribution in [1.82, 2.24) is 0 Å². The SMILES string of the molecule is CCN(c1ccc(C(=O)Nc2ccccc2C(F)(F)F)cc1)S(=O)(=O)c1ccc(SC)cc1. The Morgan fingerprint density at radius 3 is 2.12 bits per heavy atom. The maximum absolute atomic E-state index is 13.2. The molecule has 0 aromatic heterocycles. The van der Waals surface area contributed by atoms with Crippen molar-refractivity contribution in [2.75, 3.05) is 22.4 Å². The van der Waals surface area contributed by atoms with Crippen LogP contribution in [-0.4, -0.2) is 27.1 Å². The van der Waals surface area contributed by atoms with E-state index in [0.29, 0.717) is 5.69 Å². The predicted molar refractivity (Wildman–Crippen MR) is 124 cm³/mol. The Balaban J connectivity index is 1.83. The normalized spacial score (nSPS) is 11.8. The zero-order valence-corrected chi connectivity index (χ0v) is 19.4. The average Bonchev–Trinajstić information content (AvgIpc) is 2.79. The number of hydrogen-bond donors (Lipinski definition) is 1. The first-order valence-corrected chi connectivity index (χ1v) is 12.5. The summed E-state index contributed by atoms with van der Waals surface area (Å²) in [5, 5.41) is 2.27. The molecule has 0 aliphatic heterocycles. The number of sulfonamides is 1. The van der Waals surface area contributed by atoms with Gasteiger partial charge in [-0.2, -0.15) is 13.2 Å². The molecule has 5 nitrogen and oxygen atoms in total. The van der Waals surface area contributed by atoms with Gasteiger partial charge in [0.25, 0.3) is 15.9 Å². The van der Waals surface area contributed by atoms with Crippen molar-refractivity contribution in [3.63, 3.8) is 0 Å². The van der Waals surface area contributed by atoms with Gasteiger partial charge < -0.3 is 5.32 Å². The van der Waals surface area contributed by atoms with Gasteiger partial charge in [0.05, 0.1) is 21.8 Å². The highest BCUT2D eigenvalue weighted by Gasteiger charge is 2.33. The van der Waals surface area contributed by atoms with Crippen LogP contribution in [0.15, 0.2) is 82.6 Å². The topological polar surface area (TPSA) is 66.5 Å². The summed E-state index contributed by atoms with van der Waals surface area (Å²) in [4.78, 5) is 13.6. The number of amides is 1. The van der Waals surface area contributed by atoms with E-state index in [0.717, 1.165) is 11.0 Å². The smallest absolute Gasteiger partial charge is 0.321 e. The monoisotopic (exact) mass is 494 g/mol. The number of nitrogens with one attached hydrogen (secondary N) is 1. The standard InChI is InChI=1S/C23H21F3N2O3S2/c1-3-28(33(30,31)19-14-12-18(32-2)13-15-19)17-10-8-16(9-11-17)22(29)27-21-7-5-4-6-20(21)23(24,25)26/h4-15H,3H2,1-2H3,(H,27,29). The van der Waals surface area contributed by atoms with E-state index in [1.807, 2.05) is 6.26 Å². The van der Waals surface area contributed by atoms with E-state index in [1.54, 1.807) is 19.1 Å². The minimum Gasteiger partial charge on any atom is -0.321 e. The molecule has 1 N–H and O–H groups in total. The molecule has 33 heavy (non-hydrogen) atoms. The second-order valence-corrected chi connectivity index (χ2v) is 9.63. The number of anilines is 2. The van der Waals surface area contributed by atoms with E-state index >= 15 is 0 Å². The average molecular weight is 495 g/mol. The van der Waals surface area contributed by atoms with Crippen molar-refractivity contribution in [2.45, 2.75) is 22.9 Å². The summed E-state index contributed by atoms with van der Waals surface area (Å²) in [7, 11) is -3.83. The number of carbonyl (C=O) groups excluding carboxylic acids is 1. The Labute approximate surface area is 194 Å². The summed E-state index contributed by atoms with van der Waals surface area (Å²) < 4.78 is 66.9. The van der Waals surface area contributed by atoms with E-state index in [9.17, 15) is 26.4 Å². The van der Waals surface area contributed by atoms with E-state index in [4.69, 9.17) is 0 Å². The first-order chi connectivity index (χ1) is 15.6. The van der Waals surface area contributed by atoms with Crippen LogP contribution in [0.5, 0.6) is 0 Å². The van der Waals surface area contributed by atoms with Crippen LogP contribution in [0.25, 0.3) is 0 Å². The van der Waals surface area contributed by atoms with Crippen LogP contribution in [0.1, 0.15) is 22.8 Å². The van der Waals surface area contributed by atoms with E-state index in [-0.39, 0.29) is 22.7 Å². The van der Waals surface area contributed by atoms with Gasteiger partial charge in [0.15, 0.2) is 0 Å².